The highest BCUT2D eigenvalue weighted by molar-refractivity contribution is 7.89. The predicted octanol–water partition coefficient (Wildman–Crippen LogP) is 0.643. The van der Waals surface area contributed by atoms with Crippen molar-refractivity contribution < 1.29 is 22.7 Å². The zero-order chi connectivity index (χ0) is 16.1. The molecule has 22 heavy (non-hydrogen) atoms. The van der Waals surface area contributed by atoms with E-state index in [0.717, 1.165) is 6.07 Å². The second-order valence-electron chi connectivity index (χ2n) is 5.01. The van der Waals surface area contributed by atoms with Crippen molar-refractivity contribution in [2.24, 2.45) is 0 Å². The number of carboxylic acid groups (broad SMARTS) is 1. The van der Waals surface area contributed by atoms with Crippen LogP contribution in [0, 0.1) is 6.92 Å². The third kappa shape index (κ3) is 2.11. The molecule has 0 amide bonds. The molecule has 9 nitrogen and oxygen atoms in total. The number of hydrogen-bond acceptors (Lipinski definition) is 6. The number of fused-ring (bicyclic) bond motifs is 1. The van der Waals surface area contributed by atoms with E-state index in [4.69, 9.17) is 9.52 Å². The lowest BCUT2D eigenvalue weighted by Crippen LogP contribution is -2.41. The van der Waals surface area contributed by atoms with Crippen molar-refractivity contribution in [1.29, 1.82) is 0 Å². The van der Waals surface area contributed by atoms with Crippen LogP contribution in [-0.4, -0.2) is 45.1 Å². The van der Waals surface area contributed by atoms with Crippen LogP contribution in [0.2, 0.25) is 0 Å². The smallest absolute Gasteiger partial charge is 0.371 e. The molecule has 1 atom stereocenters. The summed E-state index contributed by atoms with van der Waals surface area (Å²) >= 11 is 0. The van der Waals surface area contributed by atoms with Crippen LogP contribution >= 0.6 is 0 Å². The van der Waals surface area contributed by atoms with Crippen molar-refractivity contribution in [3.8, 4) is 0 Å². The van der Waals surface area contributed by atoms with E-state index in [0.29, 0.717) is 12.4 Å². The molecule has 118 valence electrons. The molecule has 0 aliphatic carbocycles. The van der Waals surface area contributed by atoms with E-state index >= 15 is 0 Å². The van der Waals surface area contributed by atoms with Gasteiger partial charge in [0, 0.05) is 19.2 Å². The first-order valence-corrected chi connectivity index (χ1v) is 7.99. The molecule has 0 saturated heterocycles. The Morgan fingerprint density at radius 2 is 2.18 bits per heavy atom. The maximum Gasteiger partial charge on any atom is 0.371 e. The van der Waals surface area contributed by atoms with Gasteiger partial charge < -0.3 is 14.1 Å². The van der Waals surface area contributed by atoms with Gasteiger partial charge >= 0.3 is 5.97 Å². The van der Waals surface area contributed by atoms with Crippen LogP contribution in [0.3, 0.4) is 0 Å². The fourth-order valence-corrected chi connectivity index (χ4v) is 4.32. The number of carboxylic acids is 1. The number of carbonyl (C=O) groups is 1. The zero-order valence-corrected chi connectivity index (χ0v) is 12.7. The van der Waals surface area contributed by atoms with Crippen LogP contribution in [0.4, 0.5) is 0 Å². The third-order valence-electron chi connectivity index (χ3n) is 3.68. The van der Waals surface area contributed by atoms with Gasteiger partial charge in [0.05, 0.1) is 6.04 Å². The molecule has 10 heteroatoms. The Morgan fingerprint density at radius 3 is 2.82 bits per heavy atom. The van der Waals surface area contributed by atoms with Crippen LogP contribution < -0.4 is 0 Å². The lowest BCUT2D eigenvalue weighted by atomic mass is 10.2. The van der Waals surface area contributed by atoms with Crippen LogP contribution in [-0.2, 0) is 16.6 Å². The second-order valence-corrected chi connectivity index (χ2v) is 6.87. The minimum atomic E-state index is -3.88. The van der Waals surface area contributed by atoms with E-state index in [1.165, 1.54) is 11.2 Å². The monoisotopic (exact) mass is 326 g/mol. The molecule has 3 rings (SSSR count). The number of aromatic nitrogens is 3. The highest BCUT2D eigenvalue weighted by Gasteiger charge is 2.37. The molecular weight excluding hydrogens is 312 g/mol. The van der Waals surface area contributed by atoms with Gasteiger partial charge in [0.15, 0.2) is 5.82 Å². The van der Waals surface area contributed by atoms with Gasteiger partial charge in [-0.3, -0.25) is 0 Å². The summed E-state index contributed by atoms with van der Waals surface area (Å²) in [7, 11) is -3.88. The first-order valence-electron chi connectivity index (χ1n) is 6.55. The van der Waals surface area contributed by atoms with Crippen molar-refractivity contribution in [3.05, 3.63) is 29.7 Å². The standard InChI is InChI=1S/C12H14N4O5S/c1-7-11-14-13-6-15(11)3-4-16(7)22(19,20)10-5-9(12(17)18)21-8(10)2/h5-7H,3-4H2,1-2H3,(H,17,18). The summed E-state index contributed by atoms with van der Waals surface area (Å²) in [6, 6.07) is 0.544. The topological polar surface area (TPSA) is 119 Å². The van der Waals surface area contributed by atoms with E-state index in [1.807, 2.05) is 0 Å². The fourth-order valence-electron chi connectivity index (χ4n) is 2.57. The van der Waals surface area contributed by atoms with Crippen molar-refractivity contribution >= 4 is 16.0 Å². The lowest BCUT2D eigenvalue weighted by Gasteiger charge is -2.31. The molecule has 0 saturated carbocycles. The Balaban J connectivity index is 2.02. The predicted molar refractivity (Wildman–Crippen MR) is 72.7 cm³/mol. The molecule has 0 aromatic carbocycles. The lowest BCUT2D eigenvalue weighted by molar-refractivity contribution is 0.0661. The average molecular weight is 326 g/mol. The van der Waals surface area contributed by atoms with E-state index < -0.39 is 27.8 Å². The van der Waals surface area contributed by atoms with Crippen molar-refractivity contribution in [1.82, 2.24) is 19.1 Å². The number of aryl methyl sites for hydroxylation is 1. The Bertz CT molecular complexity index is 838. The van der Waals surface area contributed by atoms with Gasteiger partial charge in [-0.05, 0) is 13.8 Å². The first-order chi connectivity index (χ1) is 10.3. The molecule has 2 aromatic rings. The van der Waals surface area contributed by atoms with Crippen LogP contribution in [0.1, 0.15) is 35.1 Å². The Morgan fingerprint density at radius 1 is 1.45 bits per heavy atom. The van der Waals surface area contributed by atoms with Gasteiger partial charge in [-0.25, -0.2) is 13.2 Å². The molecule has 1 aliphatic rings. The second kappa shape index (κ2) is 4.92. The molecule has 1 N–H and O–H groups in total. The van der Waals surface area contributed by atoms with E-state index in [1.54, 1.807) is 17.8 Å². The molecule has 1 unspecified atom stereocenters. The summed E-state index contributed by atoms with van der Waals surface area (Å²) in [6.07, 6.45) is 1.56. The average Bonchev–Trinajstić information content (AvgIpc) is 3.05. The SMILES string of the molecule is Cc1oc(C(=O)O)cc1S(=O)(=O)N1CCn2cnnc2C1C. The molecule has 2 aromatic heterocycles. The Kier molecular flexibility index (Phi) is 3.29. The van der Waals surface area contributed by atoms with Gasteiger partial charge in [-0.1, -0.05) is 0 Å². The summed E-state index contributed by atoms with van der Waals surface area (Å²) in [6.45, 7) is 3.83. The first kappa shape index (κ1) is 14.7. The molecular formula is C12H14N4O5S. The van der Waals surface area contributed by atoms with Crippen molar-refractivity contribution in [2.75, 3.05) is 6.54 Å². The quantitative estimate of drug-likeness (QED) is 0.879. The summed E-state index contributed by atoms with van der Waals surface area (Å²) in [5, 5.41) is 16.7. The van der Waals surface area contributed by atoms with Gasteiger partial charge in [0.25, 0.3) is 0 Å². The van der Waals surface area contributed by atoms with Crippen LogP contribution in [0.15, 0.2) is 21.7 Å². The van der Waals surface area contributed by atoms with Gasteiger partial charge in [0.1, 0.15) is 17.0 Å². The Hall–Kier alpha value is -2.20. The summed E-state index contributed by atoms with van der Waals surface area (Å²) in [5.74, 6) is -1.11. The minimum Gasteiger partial charge on any atom is -0.475 e. The minimum absolute atomic E-state index is 0.0524. The highest BCUT2D eigenvalue weighted by atomic mass is 32.2. The van der Waals surface area contributed by atoms with Crippen molar-refractivity contribution in [2.45, 2.75) is 31.3 Å². The van der Waals surface area contributed by atoms with Gasteiger partial charge in [-0.2, -0.15) is 4.31 Å². The number of rotatable bonds is 3. The Labute approximate surface area is 126 Å². The number of hydrogen-bond donors (Lipinski definition) is 1. The van der Waals surface area contributed by atoms with E-state index in [9.17, 15) is 13.2 Å². The maximum atomic E-state index is 12.8. The van der Waals surface area contributed by atoms with Gasteiger partial charge in [0.2, 0.25) is 15.8 Å². The van der Waals surface area contributed by atoms with E-state index in [-0.39, 0.29) is 17.2 Å². The van der Waals surface area contributed by atoms with Crippen molar-refractivity contribution in [3.63, 3.8) is 0 Å². The molecule has 0 fully saturated rings. The highest BCUT2D eigenvalue weighted by Crippen LogP contribution is 2.31. The van der Waals surface area contributed by atoms with E-state index in [2.05, 4.69) is 10.2 Å². The number of sulfonamides is 1. The number of nitrogens with zero attached hydrogens (tertiary/aromatic N) is 4. The largest absolute Gasteiger partial charge is 0.475 e. The molecule has 1 aliphatic heterocycles. The van der Waals surface area contributed by atoms with Crippen LogP contribution in [0.5, 0.6) is 0 Å². The molecule has 0 spiro atoms. The zero-order valence-electron chi connectivity index (χ0n) is 11.9. The van der Waals surface area contributed by atoms with Gasteiger partial charge in [-0.15, -0.1) is 10.2 Å². The fraction of sp³-hybridized carbons (Fsp3) is 0.417. The molecule has 0 bridgehead atoms. The third-order valence-corrected chi connectivity index (χ3v) is 5.76. The summed E-state index contributed by atoms with van der Waals surface area (Å²) < 4.78 is 33.7. The maximum absolute atomic E-state index is 12.8. The summed E-state index contributed by atoms with van der Waals surface area (Å²) in [4.78, 5) is 10.8. The summed E-state index contributed by atoms with van der Waals surface area (Å²) in [5.41, 5.74) is 0. The molecule has 0 radical (unpaired) electrons. The van der Waals surface area contributed by atoms with Crippen LogP contribution in [0.25, 0.3) is 0 Å². The normalized spacial score (nSPS) is 19.1. The molecule has 3 heterocycles. The number of aromatic carboxylic acids is 1. The number of furan rings is 1.